The van der Waals surface area contributed by atoms with Gasteiger partial charge in [-0.2, -0.15) is 0 Å². The maximum absolute atomic E-state index is 5.69. The van der Waals surface area contributed by atoms with Crippen LogP contribution in [0, 0.1) is 0 Å². The molecule has 1 aliphatic heterocycles. The van der Waals surface area contributed by atoms with E-state index in [0.717, 1.165) is 44.4 Å². The van der Waals surface area contributed by atoms with E-state index in [1.165, 1.54) is 5.56 Å². The zero-order valence-electron chi connectivity index (χ0n) is 13.3. The summed E-state index contributed by atoms with van der Waals surface area (Å²) in [6.45, 7) is 5.88. The van der Waals surface area contributed by atoms with Crippen LogP contribution in [0.2, 0.25) is 0 Å². The molecule has 0 aliphatic carbocycles. The molecule has 124 valence electrons. The molecular formula is C16H26IN3O2. The molecule has 1 atom stereocenters. The molecular weight excluding hydrogens is 393 g/mol. The molecule has 0 saturated heterocycles. The predicted octanol–water partition coefficient (Wildman–Crippen LogP) is 2.37. The van der Waals surface area contributed by atoms with Crippen molar-refractivity contribution in [1.29, 1.82) is 0 Å². The molecule has 1 unspecified atom stereocenters. The molecule has 0 radical (unpaired) electrons. The fourth-order valence-electron chi connectivity index (χ4n) is 2.42. The summed E-state index contributed by atoms with van der Waals surface area (Å²) < 4.78 is 10.7. The summed E-state index contributed by atoms with van der Waals surface area (Å²) in [5.74, 6) is 2.27. The van der Waals surface area contributed by atoms with Gasteiger partial charge < -0.3 is 20.1 Å². The van der Waals surface area contributed by atoms with Crippen molar-refractivity contribution in [2.45, 2.75) is 19.3 Å². The van der Waals surface area contributed by atoms with E-state index in [2.05, 4.69) is 29.7 Å². The van der Waals surface area contributed by atoms with E-state index in [0.29, 0.717) is 12.5 Å². The van der Waals surface area contributed by atoms with Crippen LogP contribution in [0.4, 0.5) is 0 Å². The van der Waals surface area contributed by atoms with E-state index < -0.39 is 0 Å². The SMILES string of the molecule is CCNC(=NCC1CCOc2ccccc21)NCCOC.I. The Bertz CT molecular complexity index is 468. The molecule has 1 aromatic carbocycles. The van der Waals surface area contributed by atoms with Gasteiger partial charge in [0.15, 0.2) is 5.96 Å². The number of nitrogens with one attached hydrogen (secondary N) is 2. The second kappa shape index (κ2) is 10.7. The third-order valence-corrected chi connectivity index (χ3v) is 3.50. The number of hydrogen-bond acceptors (Lipinski definition) is 3. The van der Waals surface area contributed by atoms with Crippen LogP contribution in [0.1, 0.15) is 24.8 Å². The number of hydrogen-bond donors (Lipinski definition) is 2. The predicted molar refractivity (Wildman–Crippen MR) is 101 cm³/mol. The van der Waals surface area contributed by atoms with Crippen molar-refractivity contribution in [1.82, 2.24) is 10.6 Å². The van der Waals surface area contributed by atoms with E-state index in [9.17, 15) is 0 Å². The van der Waals surface area contributed by atoms with Crippen LogP contribution in [-0.4, -0.2) is 45.9 Å². The Morgan fingerprint density at radius 2 is 2.18 bits per heavy atom. The third kappa shape index (κ3) is 5.64. The molecule has 0 fully saturated rings. The lowest BCUT2D eigenvalue weighted by atomic mass is 9.93. The second-order valence-corrected chi connectivity index (χ2v) is 5.01. The molecule has 1 aromatic rings. The topological polar surface area (TPSA) is 54.9 Å². The van der Waals surface area contributed by atoms with Gasteiger partial charge in [-0.05, 0) is 25.0 Å². The lowest BCUT2D eigenvalue weighted by molar-refractivity contribution is 0.203. The quantitative estimate of drug-likeness (QED) is 0.322. The van der Waals surface area contributed by atoms with Gasteiger partial charge in [0.2, 0.25) is 0 Å². The van der Waals surface area contributed by atoms with Crippen molar-refractivity contribution in [3.05, 3.63) is 29.8 Å². The zero-order chi connectivity index (χ0) is 14.9. The fourth-order valence-corrected chi connectivity index (χ4v) is 2.42. The lowest BCUT2D eigenvalue weighted by Gasteiger charge is -2.25. The van der Waals surface area contributed by atoms with E-state index in [4.69, 9.17) is 14.5 Å². The number of ether oxygens (including phenoxy) is 2. The van der Waals surface area contributed by atoms with Gasteiger partial charge in [0, 0.05) is 32.7 Å². The molecule has 1 heterocycles. The smallest absolute Gasteiger partial charge is 0.191 e. The van der Waals surface area contributed by atoms with Crippen molar-refractivity contribution in [3.8, 4) is 5.75 Å². The van der Waals surface area contributed by atoms with Crippen LogP contribution in [0.15, 0.2) is 29.3 Å². The van der Waals surface area contributed by atoms with E-state index in [1.807, 2.05) is 12.1 Å². The minimum atomic E-state index is 0. The Morgan fingerprint density at radius 1 is 1.36 bits per heavy atom. The molecule has 1 aliphatic rings. The first kappa shape index (κ1) is 19.0. The summed E-state index contributed by atoms with van der Waals surface area (Å²) in [5, 5.41) is 6.52. The van der Waals surface area contributed by atoms with Crippen molar-refractivity contribution in [2.24, 2.45) is 4.99 Å². The van der Waals surface area contributed by atoms with Crippen molar-refractivity contribution in [2.75, 3.05) is 40.0 Å². The number of methoxy groups -OCH3 is 1. The summed E-state index contributed by atoms with van der Waals surface area (Å²) in [5.41, 5.74) is 1.26. The number of halogens is 1. The van der Waals surface area contributed by atoms with Crippen molar-refractivity contribution >= 4 is 29.9 Å². The number of para-hydroxylation sites is 1. The highest BCUT2D eigenvalue weighted by atomic mass is 127. The van der Waals surface area contributed by atoms with Gasteiger partial charge >= 0.3 is 0 Å². The summed E-state index contributed by atoms with van der Waals surface area (Å²) in [4.78, 5) is 4.69. The lowest BCUT2D eigenvalue weighted by Crippen LogP contribution is -2.39. The summed E-state index contributed by atoms with van der Waals surface area (Å²) in [6, 6.07) is 8.25. The normalized spacial score (nSPS) is 17.0. The van der Waals surface area contributed by atoms with Crippen LogP contribution >= 0.6 is 24.0 Å². The van der Waals surface area contributed by atoms with Gasteiger partial charge in [-0.3, -0.25) is 4.99 Å². The molecule has 0 amide bonds. The van der Waals surface area contributed by atoms with Crippen molar-refractivity contribution in [3.63, 3.8) is 0 Å². The fraction of sp³-hybridized carbons (Fsp3) is 0.562. The monoisotopic (exact) mass is 419 g/mol. The van der Waals surface area contributed by atoms with Gasteiger partial charge in [-0.25, -0.2) is 0 Å². The van der Waals surface area contributed by atoms with Gasteiger partial charge in [0.25, 0.3) is 0 Å². The third-order valence-electron chi connectivity index (χ3n) is 3.50. The highest BCUT2D eigenvalue weighted by Crippen LogP contribution is 2.33. The molecule has 0 bridgehead atoms. The average Bonchev–Trinajstić information content (AvgIpc) is 2.53. The maximum Gasteiger partial charge on any atom is 0.191 e. The molecule has 0 spiro atoms. The molecule has 2 rings (SSSR count). The zero-order valence-corrected chi connectivity index (χ0v) is 15.6. The standard InChI is InChI=1S/C16H25N3O2.HI/c1-3-17-16(18-9-11-20-2)19-12-13-8-10-21-15-7-5-4-6-14(13)15;/h4-7,13H,3,8-12H2,1-2H3,(H2,17,18,19);1H. The maximum atomic E-state index is 5.69. The molecule has 6 heteroatoms. The number of guanidine groups is 1. The molecule has 22 heavy (non-hydrogen) atoms. The number of benzene rings is 1. The second-order valence-electron chi connectivity index (χ2n) is 5.01. The number of aliphatic imine (C=N–C) groups is 1. The van der Waals surface area contributed by atoms with Gasteiger partial charge in [-0.15, -0.1) is 24.0 Å². The Morgan fingerprint density at radius 3 is 2.95 bits per heavy atom. The minimum absolute atomic E-state index is 0. The Balaban J connectivity index is 0.00000242. The molecule has 0 saturated carbocycles. The molecule has 5 nitrogen and oxygen atoms in total. The van der Waals surface area contributed by atoms with E-state index in [-0.39, 0.29) is 24.0 Å². The van der Waals surface area contributed by atoms with Crippen molar-refractivity contribution < 1.29 is 9.47 Å². The van der Waals surface area contributed by atoms with Gasteiger partial charge in [-0.1, -0.05) is 18.2 Å². The Kier molecular flexibility index (Phi) is 9.22. The first-order chi connectivity index (χ1) is 10.3. The molecule has 0 aromatic heterocycles. The highest BCUT2D eigenvalue weighted by molar-refractivity contribution is 14.0. The van der Waals surface area contributed by atoms with E-state index in [1.54, 1.807) is 7.11 Å². The van der Waals surface area contributed by atoms with Crippen LogP contribution in [0.5, 0.6) is 5.75 Å². The average molecular weight is 419 g/mol. The van der Waals surface area contributed by atoms with Crippen LogP contribution < -0.4 is 15.4 Å². The summed E-state index contributed by atoms with van der Waals surface area (Å²) in [6.07, 6.45) is 1.01. The van der Waals surface area contributed by atoms with Gasteiger partial charge in [0.1, 0.15) is 5.75 Å². The Labute approximate surface area is 149 Å². The molecule has 2 N–H and O–H groups in total. The van der Waals surface area contributed by atoms with Gasteiger partial charge in [0.05, 0.1) is 13.2 Å². The number of nitrogens with zero attached hydrogens (tertiary/aromatic N) is 1. The minimum Gasteiger partial charge on any atom is -0.493 e. The Hall–Kier alpha value is -1.02. The first-order valence-corrected chi connectivity index (χ1v) is 7.58. The van der Waals surface area contributed by atoms with Crippen LogP contribution in [-0.2, 0) is 4.74 Å². The van der Waals surface area contributed by atoms with Crippen LogP contribution in [0.3, 0.4) is 0 Å². The van der Waals surface area contributed by atoms with Crippen LogP contribution in [0.25, 0.3) is 0 Å². The number of fused-ring (bicyclic) bond motifs is 1. The first-order valence-electron chi connectivity index (χ1n) is 7.58. The largest absolute Gasteiger partial charge is 0.493 e. The summed E-state index contributed by atoms with van der Waals surface area (Å²) >= 11 is 0. The number of rotatable bonds is 6. The van der Waals surface area contributed by atoms with E-state index >= 15 is 0 Å². The highest BCUT2D eigenvalue weighted by Gasteiger charge is 2.20. The summed E-state index contributed by atoms with van der Waals surface area (Å²) in [7, 11) is 1.70.